The number of benzene rings is 1. The Morgan fingerprint density at radius 2 is 2.14 bits per heavy atom. The molecule has 3 rings (SSSR count). The SMILES string of the molecule is O=C(NCC(O)c1cccnc1)c1cc2ccccc2[nH]1. The summed E-state index contributed by atoms with van der Waals surface area (Å²) in [5, 5.41) is 13.7. The molecule has 1 atom stereocenters. The predicted molar refractivity (Wildman–Crippen MR) is 79.8 cm³/mol. The molecule has 106 valence electrons. The van der Waals surface area contributed by atoms with E-state index in [1.165, 1.54) is 0 Å². The van der Waals surface area contributed by atoms with Gasteiger partial charge in [-0.05, 0) is 18.2 Å². The van der Waals surface area contributed by atoms with Gasteiger partial charge in [0.25, 0.3) is 5.91 Å². The molecule has 0 fully saturated rings. The molecule has 0 aliphatic heterocycles. The second kappa shape index (κ2) is 5.76. The van der Waals surface area contributed by atoms with Crippen molar-refractivity contribution in [2.24, 2.45) is 0 Å². The van der Waals surface area contributed by atoms with Gasteiger partial charge in [0.1, 0.15) is 5.69 Å². The first kappa shape index (κ1) is 13.3. The Bertz CT molecular complexity index is 719. The third-order valence-electron chi connectivity index (χ3n) is 3.30. The lowest BCUT2D eigenvalue weighted by Gasteiger charge is -2.11. The van der Waals surface area contributed by atoms with Crippen LogP contribution in [0.3, 0.4) is 0 Å². The first-order valence-corrected chi connectivity index (χ1v) is 6.68. The molecule has 0 spiro atoms. The molecule has 0 aliphatic carbocycles. The van der Waals surface area contributed by atoms with Gasteiger partial charge in [0.2, 0.25) is 0 Å². The van der Waals surface area contributed by atoms with Crippen molar-refractivity contribution in [3.05, 3.63) is 66.1 Å². The quantitative estimate of drug-likeness (QED) is 0.684. The number of aliphatic hydroxyl groups excluding tert-OH is 1. The Hall–Kier alpha value is -2.66. The van der Waals surface area contributed by atoms with E-state index in [4.69, 9.17) is 0 Å². The average molecular weight is 281 g/mol. The van der Waals surface area contributed by atoms with Crippen LogP contribution in [0.25, 0.3) is 10.9 Å². The lowest BCUT2D eigenvalue weighted by atomic mass is 10.1. The molecule has 0 saturated heterocycles. The fourth-order valence-corrected chi connectivity index (χ4v) is 2.17. The Balaban J connectivity index is 1.66. The number of hydrogen-bond donors (Lipinski definition) is 3. The number of aromatic amines is 1. The number of aliphatic hydroxyl groups is 1. The number of rotatable bonds is 4. The molecular formula is C16H15N3O2. The Labute approximate surface area is 121 Å². The van der Waals surface area contributed by atoms with E-state index < -0.39 is 6.10 Å². The number of carbonyl (C=O) groups is 1. The van der Waals surface area contributed by atoms with E-state index in [0.29, 0.717) is 11.3 Å². The van der Waals surface area contributed by atoms with Crippen LogP contribution in [0.1, 0.15) is 22.2 Å². The van der Waals surface area contributed by atoms with Crippen LogP contribution in [0.15, 0.2) is 54.9 Å². The van der Waals surface area contributed by atoms with E-state index in [1.807, 2.05) is 24.3 Å². The topological polar surface area (TPSA) is 78.0 Å². The average Bonchev–Trinajstić information content (AvgIpc) is 2.97. The number of nitrogens with zero attached hydrogens (tertiary/aromatic N) is 1. The van der Waals surface area contributed by atoms with Gasteiger partial charge in [0, 0.05) is 35.4 Å². The van der Waals surface area contributed by atoms with Gasteiger partial charge in [-0.25, -0.2) is 0 Å². The summed E-state index contributed by atoms with van der Waals surface area (Å²) in [6, 6.07) is 13.0. The van der Waals surface area contributed by atoms with Crippen LogP contribution in [-0.4, -0.2) is 27.5 Å². The van der Waals surface area contributed by atoms with Crippen molar-refractivity contribution < 1.29 is 9.90 Å². The van der Waals surface area contributed by atoms with Crippen LogP contribution in [-0.2, 0) is 0 Å². The molecule has 2 aromatic heterocycles. The largest absolute Gasteiger partial charge is 0.387 e. The number of aromatic nitrogens is 2. The number of amides is 1. The van der Waals surface area contributed by atoms with E-state index in [1.54, 1.807) is 30.6 Å². The highest BCUT2D eigenvalue weighted by Gasteiger charge is 2.12. The minimum absolute atomic E-state index is 0.139. The second-order valence-electron chi connectivity index (χ2n) is 4.78. The summed E-state index contributed by atoms with van der Waals surface area (Å²) < 4.78 is 0. The van der Waals surface area contributed by atoms with Gasteiger partial charge in [0.05, 0.1) is 6.10 Å². The Kier molecular flexibility index (Phi) is 3.66. The molecule has 5 heteroatoms. The number of carbonyl (C=O) groups excluding carboxylic acids is 1. The van der Waals surface area contributed by atoms with Crippen LogP contribution >= 0.6 is 0 Å². The summed E-state index contributed by atoms with van der Waals surface area (Å²) in [4.78, 5) is 19.1. The lowest BCUT2D eigenvalue weighted by Crippen LogP contribution is -2.28. The summed E-state index contributed by atoms with van der Waals surface area (Å²) >= 11 is 0. The zero-order chi connectivity index (χ0) is 14.7. The van der Waals surface area contributed by atoms with Crippen molar-refractivity contribution in [1.29, 1.82) is 0 Å². The van der Waals surface area contributed by atoms with Crippen molar-refractivity contribution in [1.82, 2.24) is 15.3 Å². The van der Waals surface area contributed by atoms with Crippen LogP contribution in [0.2, 0.25) is 0 Å². The molecule has 0 saturated carbocycles. The summed E-state index contributed by atoms with van der Waals surface area (Å²) in [7, 11) is 0. The van der Waals surface area contributed by atoms with Crippen molar-refractivity contribution in [2.45, 2.75) is 6.10 Å². The van der Waals surface area contributed by atoms with Crippen LogP contribution < -0.4 is 5.32 Å². The van der Waals surface area contributed by atoms with Gasteiger partial charge in [-0.1, -0.05) is 24.3 Å². The number of H-pyrrole nitrogens is 1. The number of nitrogens with one attached hydrogen (secondary N) is 2. The van der Waals surface area contributed by atoms with E-state index in [2.05, 4.69) is 15.3 Å². The molecule has 21 heavy (non-hydrogen) atoms. The summed E-state index contributed by atoms with van der Waals surface area (Å²) in [5.41, 5.74) is 2.07. The molecule has 2 heterocycles. The highest BCUT2D eigenvalue weighted by Crippen LogP contribution is 2.15. The minimum atomic E-state index is -0.771. The number of para-hydroxylation sites is 1. The lowest BCUT2D eigenvalue weighted by molar-refractivity contribution is 0.0912. The van der Waals surface area contributed by atoms with Gasteiger partial charge >= 0.3 is 0 Å². The fourth-order valence-electron chi connectivity index (χ4n) is 2.17. The molecule has 1 unspecified atom stereocenters. The third-order valence-corrected chi connectivity index (χ3v) is 3.30. The zero-order valence-corrected chi connectivity index (χ0v) is 11.3. The van der Waals surface area contributed by atoms with Crippen molar-refractivity contribution in [3.63, 3.8) is 0 Å². The van der Waals surface area contributed by atoms with Crippen LogP contribution in [0.5, 0.6) is 0 Å². The number of hydrogen-bond acceptors (Lipinski definition) is 3. The monoisotopic (exact) mass is 281 g/mol. The normalized spacial score (nSPS) is 12.2. The molecule has 5 nitrogen and oxygen atoms in total. The first-order valence-electron chi connectivity index (χ1n) is 6.68. The minimum Gasteiger partial charge on any atom is -0.387 e. The molecule has 3 N–H and O–H groups in total. The van der Waals surface area contributed by atoms with Gasteiger partial charge in [-0.2, -0.15) is 0 Å². The molecule has 0 bridgehead atoms. The molecule has 3 aromatic rings. The van der Waals surface area contributed by atoms with E-state index in [9.17, 15) is 9.90 Å². The zero-order valence-electron chi connectivity index (χ0n) is 11.3. The maximum Gasteiger partial charge on any atom is 0.267 e. The van der Waals surface area contributed by atoms with Crippen LogP contribution in [0.4, 0.5) is 0 Å². The van der Waals surface area contributed by atoms with Gasteiger partial charge in [-0.15, -0.1) is 0 Å². The van der Waals surface area contributed by atoms with Crippen molar-refractivity contribution in [2.75, 3.05) is 6.54 Å². The summed E-state index contributed by atoms with van der Waals surface area (Å²) in [5.74, 6) is -0.242. The van der Waals surface area contributed by atoms with Crippen molar-refractivity contribution in [3.8, 4) is 0 Å². The smallest absolute Gasteiger partial charge is 0.267 e. The highest BCUT2D eigenvalue weighted by molar-refractivity contribution is 5.97. The fraction of sp³-hybridized carbons (Fsp3) is 0.125. The standard InChI is InChI=1S/C16H15N3O2/c20-15(12-5-3-7-17-9-12)10-18-16(21)14-8-11-4-1-2-6-13(11)19-14/h1-9,15,19-20H,10H2,(H,18,21). The van der Waals surface area contributed by atoms with Gasteiger partial charge in [0.15, 0.2) is 0 Å². The van der Waals surface area contributed by atoms with Gasteiger partial charge in [-0.3, -0.25) is 9.78 Å². The van der Waals surface area contributed by atoms with Crippen LogP contribution in [0, 0.1) is 0 Å². The molecule has 0 radical (unpaired) electrons. The predicted octanol–water partition coefficient (Wildman–Crippen LogP) is 2.03. The Morgan fingerprint density at radius 3 is 2.90 bits per heavy atom. The third kappa shape index (κ3) is 2.93. The summed E-state index contributed by atoms with van der Waals surface area (Å²) in [6.07, 6.45) is 2.45. The number of pyridine rings is 1. The highest BCUT2D eigenvalue weighted by atomic mass is 16.3. The summed E-state index contributed by atoms with van der Waals surface area (Å²) in [6.45, 7) is 0.139. The first-order chi connectivity index (χ1) is 10.2. The maximum atomic E-state index is 12.1. The molecular weight excluding hydrogens is 266 g/mol. The second-order valence-corrected chi connectivity index (χ2v) is 4.78. The number of fused-ring (bicyclic) bond motifs is 1. The maximum absolute atomic E-state index is 12.1. The van der Waals surface area contributed by atoms with Crippen molar-refractivity contribution >= 4 is 16.8 Å². The molecule has 1 aromatic carbocycles. The Morgan fingerprint density at radius 1 is 1.29 bits per heavy atom. The van der Waals surface area contributed by atoms with E-state index >= 15 is 0 Å². The van der Waals surface area contributed by atoms with Gasteiger partial charge < -0.3 is 15.4 Å². The molecule has 1 amide bonds. The van der Waals surface area contributed by atoms with E-state index in [0.717, 1.165) is 10.9 Å². The van der Waals surface area contributed by atoms with E-state index in [-0.39, 0.29) is 12.5 Å². The molecule has 0 aliphatic rings.